The summed E-state index contributed by atoms with van der Waals surface area (Å²) in [5.41, 5.74) is 10.3. The highest BCUT2D eigenvalue weighted by atomic mass is 15.2. The van der Waals surface area contributed by atoms with E-state index in [0.29, 0.717) is 0 Å². The molecule has 0 fully saturated rings. The standard InChI is InChI=1S/C15H19N3/c1-4-18(13-7-5-11(2)6-8-13)15-14(16)12(3)9-10-17-15/h5-10H,4,16H2,1-3H3. The van der Waals surface area contributed by atoms with Gasteiger partial charge in [0.15, 0.2) is 5.82 Å². The second-order valence-electron chi connectivity index (χ2n) is 4.44. The predicted molar refractivity (Wildman–Crippen MR) is 77.2 cm³/mol. The van der Waals surface area contributed by atoms with Crippen molar-refractivity contribution in [2.75, 3.05) is 17.2 Å². The molecule has 2 rings (SSSR count). The first-order valence-corrected chi connectivity index (χ1v) is 6.18. The largest absolute Gasteiger partial charge is 0.396 e. The average molecular weight is 241 g/mol. The summed E-state index contributed by atoms with van der Waals surface area (Å²) in [6.45, 7) is 7.02. The molecule has 94 valence electrons. The van der Waals surface area contributed by atoms with E-state index in [-0.39, 0.29) is 0 Å². The molecular weight excluding hydrogens is 222 g/mol. The van der Waals surface area contributed by atoms with Crippen LogP contribution in [0.15, 0.2) is 36.5 Å². The Kier molecular flexibility index (Phi) is 3.51. The molecule has 0 unspecified atom stereocenters. The van der Waals surface area contributed by atoms with Gasteiger partial charge in [-0.15, -0.1) is 0 Å². The molecule has 1 aromatic heterocycles. The third-order valence-corrected chi connectivity index (χ3v) is 3.10. The monoisotopic (exact) mass is 241 g/mol. The minimum absolute atomic E-state index is 0.750. The van der Waals surface area contributed by atoms with Crippen LogP contribution < -0.4 is 10.6 Å². The highest BCUT2D eigenvalue weighted by Crippen LogP contribution is 2.29. The Morgan fingerprint density at radius 3 is 2.39 bits per heavy atom. The fourth-order valence-corrected chi connectivity index (χ4v) is 1.95. The quantitative estimate of drug-likeness (QED) is 0.895. The summed E-state index contributed by atoms with van der Waals surface area (Å²) in [6.07, 6.45) is 1.80. The Hall–Kier alpha value is -2.03. The number of hydrogen-bond acceptors (Lipinski definition) is 3. The van der Waals surface area contributed by atoms with Crippen LogP contribution in [0.4, 0.5) is 17.2 Å². The predicted octanol–water partition coefficient (Wildman–Crippen LogP) is 3.44. The van der Waals surface area contributed by atoms with Gasteiger partial charge in [0.2, 0.25) is 0 Å². The maximum atomic E-state index is 6.12. The number of hydrogen-bond donors (Lipinski definition) is 1. The zero-order valence-corrected chi connectivity index (χ0v) is 11.1. The molecule has 0 saturated heterocycles. The molecule has 3 heteroatoms. The summed E-state index contributed by atoms with van der Waals surface area (Å²) in [5, 5.41) is 0. The maximum Gasteiger partial charge on any atom is 0.156 e. The van der Waals surface area contributed by atoms with E-state index in [1.165, 1.54) is 5.56 Å². The van der Waals surface area contributed by atoms with E-state index in [0.717, 1.165) is 29.3 Å². The lowest BCUT2D eigenvalue weighted by Crippen LogP contribution is -2.19. The van der Waals surface area contributed by atoms with Gasteiger partial charge in [-0.1, -0.05) is 17.7 Å². The van der Waals surface area contributed by atoms with E-state index in [2.05, 4.69) is 48.0 Å². The van der Waals surface area contributed by atoms with Crippen LogP contribution in [0.1, 0.15) is 18.1 Å². The third kappa shape index (κ3) is 2.30. The zero-order valence-electron chi connectivity index (χ0n) is 11.1. The fourth-order valence-electron chi connectivity index (χ4n) is 1.95. The van der Waals surface area contributed by atoms with Gasteiger partial charge in [0.1, 0.15) is 0 Å². The van der Waals surface area contributed by atoms with E-state index in [9.17, 15) is 0 Å². The Bertz CT molecular complexity index is 532. The molecule has 2 N–H and O–H groups in total. The number of benzene rings is 1. The van der Waals surface area contributed by atoms with Crippen molar-refractivity contribution in [1.82, 2.24) is 4.98 Å². The van der Waals surface area contributed by atoms with E-state index >= 15 is 0 Å². The van der Waals surface area contributed by atoms with Crippen LogP contribution in [-0.2, 0) is 0 Å². The number of nitrogen functional groups attached to an aromatic ring is 1. The number of aryl methyl sites for hydroxylation is 2. The highest BCUT2D eigenvalue weighted by Gasteiger charge is 2.12. The van der Waals surface area contributed by atoms with Gasteiger partial charge in [0.05, 0.1) is 5.69 Å². The first kappa shape index (κ1) is 12.4. The summed E-state index contributed by atoms with van der Waals surface area (Å²) < 4.78 is 0. The second kappa shape index (κ2) is 5.08. The summed E-state index contributed by atoms with van der Waals surface area (Å²) in [4.78, 5) is 6.54. The second-order valence-corrected chi connectivity index (χ2v) is 4.44. The van der Waals surface area contributed by atoms with Crippen LogP contribution >= 0.6 is 0 Å². The summed E-state index contributed by atoms with van der Waals surface area (Å²) >= 11 is 0. The van der Waals surface area contributed by atoms with Gasteiger partial charge < -0.3 is 10.6 Å². The Labute approximate surface area is 108 Å². The molecule has 3 nitrogen and oxygen atoms in total. The van der Waals surface area contributed by atoms with Crippen LogP contribution in [0.2, 0.25) is 0 Å². The lowest BCUT2D eigenvalue weighted by molar-refractivity contribution is 0.989. The molecule has 0 radical (unpaired) electrons. The first-order valence-electron chi connectivity index (χ1n) is 6.18. The molecule has 0 atom stereocenters. The lowest BCUT2D eigenvalue weighted by Gasteiger charge is -2.24. The van der Waals surface area contributed by atoms with E-state index in [1.807, 2.05) is 13.0 Å². The van der Waals surface area contributed by atoms with Crippen molar-refractivity contribution in [2.45, 2.75) is 20.8 Å². The number of anilines is 3. The average Bonchev–Trinajstić information content (AvgIpc) is 2.37. The number of aromatic nitrogens is 1. The van der Waals surface area contributed by atoms with Crippen LogP contribution in [0.3, 0.4) is 0 Å². The molecule has 0 aliphatic rings. The van der Waals surface area contributed by atoms with Gasteiger partial charge in [-0.05, 0) is 44.5 Å². The SMILES string of the molecule is CCN(c1ccc(C)cc1)c1nccc(C)c1N. The molecule has 0 bridgehead atoms. The van der Waals surface area contributed by atoms with Crippen molar-refractivity contribution in [1.29, 1.82) is 0 Å². The smallest absolute Gasteiger partial charge is 0.156 e. The molecule has 18 heavy (non-hydrogen) atoms. The van der Waals surface area contributed by atoms with E-state index in [4.69, 9.17) is 5.73 Å². The Morgan fingerprint density at radius 1 is 1.11 bits per heavy atom. The van der Waals surface area contributed by atoms with Crippen LogP contribution in [-0.4, -0.2) is 11.5 Å². The van der Waals surface area contributed by atoms with Crippen molar-refractivity contribution in [3.63, 3.8) is 0 Å². The summed E-state index contributed by atoms with van der Waals surface area (Å²) in [6, 6.07) is 10.3. The molecular formula is C15H19N3. The molecule has 0 amide bonds. The minimum atomic E-state index is 0.750. The third-order valence-electron chi connectivity index (χ3n) is 3.10. The normalized spacial score (nSPS) is 10.4. The van der Waals surface area contributed by atoms with Crippen molar-refractivity contribution in [3.8, 4) is 0 Å². The van der Waals surface area contributed by atoms with Gasteiger partial charge in [0.25, 0.3) is 0 Å². The number of nitrogens with two attached hydrogens (primary N) is 1. The number of nitrogens with zero attached hydrogens (tertiary/aromatic N) is 2. The first-order chi connectivity index (χ1) is 8.63. The van der Waals surface area contributed by atoms with Gasteiger partial charge in [-0.2, -0.15) is 0 Å². The van der Waals surface area contributed by atoms with Crippen LogP contribution in [0.5, 0.6) is 0 Å². The van der Waals surface area contributed by atoms with Crippen molar-refractivity contribution in [3.05, 3.63) is 47.7 Å². The van der Waals surface area contributed by atoms with Gasteiger partial charge in [-0.3, -0.25) is 0 Å². The Morgan fingerprint density at radius 2 is 1.78 bits per heavy atom. The number of rotatable bonds is 3. The molecule has 0 aliphatic carbocycles. The Balaban J connectivity index is 2.45. The van der Waals surface area contributed by atoms with Crippen molar-refractivity contribution in [2.24, 2.45) is 0 Å². The molecule has 0 saturated carbocycles. The van der Waals surface area contributed by atoms with Crippen LogP contribution in [0, 0.1) is 13.8 Å². The van der Waals surface area contributed by atoms with E-state index in [1.54, 1.807) is 6.20 Å². The van der Waals surface area contributed by atoms with Gasteiger partial charge in [0, 0.05) is 18.4 Å². The number of pyridine rings is 1. The molecule has 0 spiro atoms. The van der Waals surface area contributed by atoms with Gasteiger partial charge >= 0.3 is 0 Å². The molecule has 1 heterocycles. The molecule has 1 aromatic carbocycles. The summed E-state index contributed by atoms with van der Waals surface area (Å²) in [7, 11) is 0. The zero-order chi connectivity index (χ0) is 13.1. The maximum absolute atomic E-state index is 6.12. The minimum Gasteiger partial charge on any atom is -0.396 e. The summed E-state index contributed by atoms with van der Waals surface area (Å²) in [5.74, 6) is 0.835. The van der Waals surface area contributed by atoms with E-state index < -0.39 is 0 Å². The fraction of sp³-hybridized carbons (Fsp3) is 0.267. The topological polar surface area (TPSA) is 42.2 Å². The molecule has 2 aromatic rings. The van der Waals surface area contributed by atoms with Crippen molar-refractivity contribution >= 4 is 17.2 Å². The molecule has 0 aliphatic heterocycles. The van der Waals surface area contributed by atoms with Crippen LogP contribution in [0.25, 0.3) is 0 Å². The van der Waals surface area contributed by atoms with Gasteiger partial charge in [-0.25, -0.2) is 4.98 Å². The lowest BCUT2D eigenvalue weighted by atomic mass is 10.2. The highest BCUT2D eigenvalue weighted by molar-refractivity contribution is 5.73. The van der Waals surface area contributed by atoms with Crippen molar-refractivity contribution < 1.29 is 0 Å².